The lowest BCUT2D eigenvalue weighted by atomic mass is 10.1. The van der Waals surface area contributed by atoms with E-state index >= 15 is 0 Å². The molecule has 112 valence electrons. The van der Waals surface area contributed by atoms with Crippen molar-refractivity contribution in [2.45, 2.75) is 13.0 Å². The van der Waals surface area contributed by atoms with Crippen LogP contribution in [0.2, 0.25) is 0 Å². The number of halogens is 1. The molecule has 0 aliphatic carbocycles. The number of fused-ring (bicyclic) bond motifs is 1. The summed E-state index contributed by atoms with van der Waals surface area (Å²) in [7, 11) is 0. The number of thiophene rings is 1. The van der Waals surface area contributed by atoms with Crippen LogP contribution in [0.15, 0.2) is 42.6 Å². The molecule has 1 aromatic carbocycles. The van der Waals surface area contributed by atoms with Crippen molar-refractivity contribution in [2.24, 2.45) is 0 Å². The van der Waals surface area contributed by atoms with E-state index in [2.05, 4.69) is 10.3 Å². The molecule has 0 amide bonds. The van der Waals surface area contributed by atoms with Crippen molar-refractivity contribution < 1.29 is 14.3 Å². The lowest BCUT2D eigenvalue weighted by Crippen LogP contribution is -2.05. The molecule has 3 aromatic rings. The van der Waals surface area contributed by atoms with Crippen LogP contribution in [0.5, 0.6) is 0 Å². The number of benzene rings is 1. The molecular weight excluding hydrogens is 303 g/mol. The lowest BCUT2D eigenvalue weighted by Gasteiger charge is -2.13. The van der Waals surface area contributed by atoms with E-state index in [-0.39, 0.29) is 17.6 Å². The molecule has 0 aliphatic heterocycles. The molecule has 0 fully saturated rings. The highest BCUT2D eigenvalue weighted by Crippen LogP contribution is 2.33. The van der Waals surface area contributed by atoms with Crippen LogP contribution in [0, 0.1) is 5.82 Å². The molecule has 0 spiro atoms. The van der Waals surface area contributed by atoms with Gasteiger partial charge in [-0.05, 0) is 36.8 Å². The van der Waals surface area contributed by atoms with Crippen molar-refractivity contribution in [3.05, 3.63) is 59.7 Å². The normalized spacial score (nSPS) is 12.3. The smallest absolute Gasteiger partial charge is 0.355 e. The third-order valence-corrected chi connectivity index (χ3v) is 4.39. The van der Waals surface area contributed by atoms with E-state index < -0.39 is 5.97 Å². The van der Waals surface area contributed by atoms with E-state index in [1.165, 1.54) is 29.7 Å². The van der Waals surface area contributed by atoms with Crippen LogP contribution in [0.3, 0.4) is 0 Å². The van der Waals surface area contributed by atoms with E-state index in [0.717, 1.165) is 15.3 Å². The Labute approximate surface area is 130 Å². The van der Waals surface area contributed by atoms with Crippen molar-refractivity contribution in [3.63, 3.8) is 0 Å². The van der Waals surface area contributed by atoms with Crippen LogP contribution in [-0.4, -0.2) is 16.1 Å². The highest BCUT2D eigenvalue weighted by atomic mass is 32.1. The number of hydrogen-bond donors (Lipinski definition) is 2. The van der Waals surface area contributed by atoms with Gasteiger partial charge in [0.25, 0.3) is 0 Å². The van der Waals surface area contributed by atoms with Crippen molar-refractivity contribution in [1.29, 1.82) is 0 Å². The third-order valence-electron chi connectivity index (χ3n) is 3.36. The Bertz CT molecular complexity index is 847. The minimum absolute atomic E-state index is 0.0419. The van der Waals surface area contributed by atoms with Crippen molar-refractivity contribution in [2.75, 3.05) is 5.32 Å². The predicted octanol–water partition coefficient (Wildman–Crippen LogP) is 4.31. The molecule has 2 N–H and O–H groups in total. The SMILES string of the molecule is C[C@H](Nc1cc2c(C(=O)O)nccc2s1)c1cccc(F)c1. The lowest BCUT2D eigenvalue weighted by molar-refractivity contribution is 0.0693. The number of anilines is 1. The maximum Gasteiger partial charge on any atom is 0.355 e. The van der Waals surface area contributed by atoms with Gasteiger partial charge in [0, 0.05) is 22.3 Å². The summed E-state index contributed by atoms with van der Waals surface area (Å²) in [6.45, 7) is 1.93. The number of carbonyl (C=O) groups is 1. The molecule has 0 saturated carbocycles. The molecule has 4 nitrogen and oxygen atoms in total. The summed E-state index contributed by atoms with van der Waals surface area (Å²) in [5, 5.41) is 13.9. The summed E-state index contributed by atoms with van der Waals surface area (Å²) in [6, 6.07) is 9.86. The zero-order valence-corrected chi connectivity index (χ0v) is 12.5. The Morgan fingerprint density at radius 1 is 1.36 bits per heavy atom. The summed E-state index contributed by atoms with van der Waals surface area (Å²) in [5.74, 6) is -1.33. The molecule has 2 aromatic heterocycles. The van der Waals surface area contributed by atoms with E-state index in [4.69, 9.17) is 5.11 Å². The maximum absolute atomic E-state index is 13.3. The monoisotopic (exact) mass is 316 g/mol. The fraction of sp³-hybridized carbons (Fsp3) is 0.125. The van der Waals surface area contributed by atoms with Crippen LogP contribution in [0.1, 0.15) is 29.0 Å². The van der Waals surface area contributed by atoms with Gasteiger partial charge >= 0.3 is 5.97 Å². The molecule has 0 bridgehead atoms. The summed E-state index contributed by atoms with van der Waals surface area (Å²) >= 11 is 1.45. The van der Waals surface area contributed by atoms with Gasteiger partial charge in [-0.15, -0.1) is 11.3 Å². The second-order valence-electron chi connectivity index (χ2n) is 4.91. The number of carboxylic acids is 1. The molecule has 0 radical (unpaired) electrons. The highest BCUT2D eigenvalue weighted by molar-refractivity contribution is 7.22. The quantitative estimate of drug-likeness (QED) is 0.753. The molecule has 1 atom stereocenters. The average molecular weight is 316 g/mol. The van der Waals surface area contributed by atoms with Crippen LogP contribution in [0.4, 0.5) is 9.39 Å². The number of nitrogens with zero attached hydrogens (tertiary/aromatic N) is 1. The Morgan fingerprint density at radius 2 is 2.18 bits per heavy atom. The van der Waals surface area contributed by atoms with Crippen molar-refractivity contribution in [3.8, 4) is 0 Å². The molecule has 0 aliphatic rings. The number of hydrogen-bond acceptors (Lipinski definition) is 4. The summed E-state index contributed by atoms with van der Waals surface area (Å²) in [5.41, 5.74) is 0.870. The summed E-state index contributed by atoms with van der Waals surface area (Å²) in [6.07, 6.45) is 1.49. The zero-order valence-electron chi connectivity index (χ0n) is 11.7. The number of aromatic nitrogens is 1. The number of carboxylic acid groups (broad SMARTS) is 1. The predicted molar refractivity (Wildman–Crippen MR) is 85.0 cm³/mol. The van der Waals surface area contributed by atoms with Gasteiger partial charge in [0.15, 0.2) is 5.69 Å². The first kappa shape index (κ1) is 14.5. The van der Waals surface area contributed by atoms with Crippen molar-refractivity contribution >= 4 is 32.4 Å². The minimum Gasteiger partial charge on any atom is -0.476 e. The molecule has 2 heterocycles. The van der Waals surface area contributed by atoms with Gasteiger partial charge in [0.1, 0.15) is 5.82 Å². The van der Waals surface area contributed by atoms with Gasteiger partial charge in [0.05, 0.1) is 5.00 Å². The molecule has 22 heavy (non-hydrogen) atoms. The first-order valence-corrected chi connectivity index (χ1v) is 7.50. The summed E-state index contributed by atoms with van der Waals surface area (Å²) < 4.78 is 14.1. The molecular formula is C16H13FN2O2S. The Hall–Kier alpha value is -2.47. The van der Waals surface area contributed by atoms with Gasteiger partial charge in [0.2, 0.25) is 0 Å². The average Bonchev–Trinajstić information content (AvgIpc) is 2.89. The maximum atomic E-state index is 13.3. The van der Waals surface area contributed by atoms with E-state index in [1.54, 1.807) is 18.2 Å². The molecule has 6 heteroatoms. The number of nitrogens with one attached hydrogen (secondary N) is 1. The van der Waals surface area contributed by atoms with Crippen LogP contribution >= 0.6 is 11.3 Å². The third kappa shape index (κ3) is 2.78. The zero-order chi connectivity index (χ0) is 15.7. The number of aromatic carboxylic acids is 1. The second-order valence-corrected chi connectivity index (χ2v) is 5.99. The Morgan fingerprint density at radius 3 is 2.91 bits per heavy atom. The molecule has 3 rings (SSSR count). The topological polar surface area (TPSA) is 62.2 Å². The van der Waals surface area contributed by atoms with Gasteiger partial charge in [-0.25, -0.2) is 14.2 Å². The number of pyridine rings is 1. The highest BCUT2D eigenvalue weighted by Gasteiger charge is 2.14. The standard InChI is InChI=1S/C16H13FN2O2S/c1-9(10-3-2-4-11(17)7-10)19-14-8-12-13(22-14)5-6-18-15(12)16(20)21/h2-9,19H,1H3,(H,20,21)/t9-/m0/s1. The molecule has 0 unspecified atom stereocenters. The Kier molecular flexibility index (Phi) is 3.77. The van der Waals surface area contributed by atoms with Gasteiger partial charge in [-0.2, -0.15) is 0 Å². The van der Waals surface area contributed by atoms with E-state index in [1.807, 2.05) is 13.0 Å². The van der Waals surface area contributed by atoms with Crippen molar-refractivity contribution in [1.82, 2.24) is 4.98 Å². The summed E-state index contributed by atoms with van der Waals surface area (Å²) in [4.78, 5) is 15.1. The first-order chi connectivity index (χ1) is 10.5. The number of rotatable bonds is 4. The minimum atomic E-state index is -1.05. The van der Waals surface area contributed by atoms with Crippen LogP contribution in [0.25, 0.3) is 10.1 Å². The van der Waals surface area contributed by atoms with Gasteiger partial charge < -0.3 is 10.4 Å². The van der Waals surface area contributed by atoms with Gasteiger partial charge in [-0.1, -0.05) is 12.1 Å². The van der Waals surface area contributed by atoms with Gasteiger partial charge in [-0.3, -0.25) is 0 Å². The fourth-order valence-electron chi connectivity index (χ4n) is 2.28. The van der Waals surface area contributed by atoms with Crippen LogP contribution < -0.4 is 5.32 Å². The molecule has 0 saturated heterocycles. The fourth-order valence-corrected chi connectivity index (χ4v) is 3.32. The first-order valence-electron chi connectivity index (χ1n) is 6.68. The van der Waals surface area contributed by atoms with E-state index in [0.29, 0.717) is 5.39 Å². The second kappa shape index (κ2) is 5.73. The largest absolute Gasteiger partial charge is 0.476 e. The Balaban J connectivity index is 1.91. The van der Waals surface area contributed by atoms with E-state index in [9.17, 15) is 9.18 Å². The van der Waals surface area contributed by atoms with Crippen LogP contribution in [-0.2, 0) is 0 Å².